The van der Waals surface area contributed by atoms with Gasteiger partial charge in [0.2, 0.25) is 11.5 Å². The molecule has 17 heteroatoms. The number of ether oxygens (including phenoxy) is 8. The molecule has 2 heterocycles. The van der Waals surface area contributed by atoms with Gasteiger partial charge >= 0.3 is 11.9 Å². The van der Waals surface area contributed by atoms with Crippen molar-refractivity contribution in [2.45, 2.75) is 54.8 Å². The van der Waals surface area contributed by atoms with Crippen LogP contribution in [0.1, 0.15) is 15.9 Å². The van der Waals surface area contributed by atoms with Crippen LogP contribution in [0.5, 0.6) is 23.0 Å². The number of phenols is 1. The Labute approximate surface area is 274 Å². The summed E-state index contributed by atoms with van der Waals surface area (Å²) in [5.41, 5.74) is 0.476. The van der Waals surface area contributed by atoms with Gasteiger partial charge in [-0.25, -0.2) is 9.59 Å². The van der Waals surface area contributed by atoms with Gasteiger partial charge in [0.25, 0.3) is 0 Å². The van der Waals surface area contributed by atoms with Gasteiger partial charge in [0.1, 0.15) is 55.6 Å². The van der Waals surface area contributed by atoms with E-state index >= 15 is 0 Å². The molecule has 48 heavy (non-hydrogen) atoms. The second-order valence-corrected chi connectivity index (χ2v) is 10.7. The van der Waals surface area contributed by atoms with E-state index in [1.165, 1.54) is 51.7 Å². The van der Waals surface area contributed by atoms with Crippen LogP contribution in [0.2, 0.25) is 0 Å². The van der Waals surface area contributed by atoms with Gasteiger partial charge < -0.3 is 73.6 Å². The van der Waals surface area contributed by atoms with E-state index in [4.69, 9.17) is 37.9 Å². The lowest BCUT2D eigenvalue weighted by atomic mass is 9.98. The number of carbonyl (C=O) groups is 2. The lowest BCUT2D eigenvalue weighted by Crippen LogP contribution is -2.63. The molecule has 0 unspecified atom stereocenters. The first-order valence-electron chi connectivity index (χ1n) is 14.5. The second kappa shape index (κ2) is 15.9. The van der Waals surface area contributed by atoms with Gasteiger partial charge in [-0.3, -0.25) is 0 Å². The largest absolute Gasteiger partial charge is 0.508 e. The minimum atomic E-state index is -2.47. The molecule has 0 bridgehead atoms. The van der Waals surface area contributed by atoms with E-state index in [0.29, 0.717) is 22.8 Å². The molecule has 9 atom stereocenters. The quantitative estimate of drug-likeness (QED) is 0.0934. The molecule has 2 saturated heterocycles. The molecule has 0 spiro atoms. The average molecular weight is 683 g/mol. The van der Waals surface area contributed by atoms with Gasteiger partial charge in [-0.2, -0.15) is 0 Å². The minimum absolute atomic E-state index is 0.0538. The minimum Gasteiger partial charge on any atom is -0.508 e. The zero-order valence-electron chi connectivity index (χ0n) is 26.1. The van der Waals surface area contributed by atoms with Gasteiger partial charge in [0, 0.05) is 6.08 Å². The molecular weight excluding hydrogens is 644 g/mol. The molecule has 0 radical (unpaired) electrons. The lowest BCUT2D eigenvalue weighted by molar-refractivity contribution is -0.383. The van der Waals surface area contributed by atoms with Gasteiger partial charge in [-0.1, -0.05) is 0 Å². The number of aliphatic hydroxyl groups is 6. The predicted octanol–water partition coefficient (Wildman–Crippen LogP) is -1.54. The highest BCUT2D eigenvalue weighted by atomic mass is 16.8. The Hall–Kier alpha value is -4.04. The number of hydrogen-bond acceptors (Lipinski definition) is 17. The maximum absolute atomic E-state index is 13.0. The van der Waals surface area contributed by atoms with Crippen LogP contribution < -0.4 is 14.2 Å². The summed E-state index contributed by atoms with van der Waals surface area (Å²) in [6, 6.07) is 8.16. The maximum atomic E-state index is 13.0. The molecule has 0 aromatic heterocycles. The summed E-state index contributed by atoms with van der Waals surface area (Å²) in [6.07, 6.45) is -11.9. The Morgan fingerprint density at radius 2 is 1.52 bits per heavy atom. The monoisotopic (exact) mass is 682 g/mol. The second-order valence-electron chi connectivity index (χ2n) is 10.7. The molecule has 2 fully saturated rings. The number of aromatic hydroxyl groups is 1. The van der Waals surface area contributed by atoms with Crippen LogP contribution in [0.4, 0.5) is 0 Å². The maximum Gasteiger partial charge on any atom is 0.338 e. The molecule has 0 amide bonds. The third-order valence-electron chi connectivity index (χ3n) is 7.68. The van der Waals surface area contributed by atoms with Crippen molar-refractivity contribution in [3.63, 3.8) is 0 Å². The molecule has 2 aliphatic rings. The third-order valence-corrected chi connectivity index (χ3v) is 7.68. The summed E-state index contributed by atoms with van der Waals surface area (Å²) in [7, 11) is 4.24. The van der Waals surface area contributed by atoms with Crippen LogP contribution in [0.25, 0.3) is 6.08 Å². The SMILES string of the molecule is COc1cc(/C=C/C(=O)O[C@@H]2[C@@H](O)[C@@H](CO)O[C@@]2(CO)O[C@@H]2O[C@@H](COC(=O)c3ccc(O)cc3)[C@H](O)[C@@H](O)[C@@H]2O)cc(OC)c1OC. The Bertz CT molecular complexity index is 1410. The number of aliphatic hydroxyl groups excluding tert-OH is 6. The number of carbonyl (C=O) groups excluding carboxylic acids is 2. The van der Waals surface area contributed by atoms with E-state index in [0.717, 1.165) is 6.08 Å². The highest BCUT2D eigenvalue weighted by molar-refractivity contribution is 5.89. The Morgan fingerprint density at radius 1 is 0.875 bits per heavy atom. The van der Waals surface area contributed by atoms with Crippen LogP contribution in [-0.4, -0.2) is 144 Å². The average Bonchev–Trinajstić information content (AvgIpc) is 3.36. The van der Waals surface area contributed by atoms with Crippen molar-refractivity contribution >= 4 is 18.0 Å². The molecular formula is C31H38O17. The first-order chi connectivity index (χ1) is 22.9. The fourth-order valence-corrected chi connectivity index (χ4v) is 5.13. The molecule has 2 aromatic rings. The van der Waals surface area contributed by atoms with Crippen molar-refractivity contribution in [3.05, 3.63) is 53.6 Å². The number of methoxy groups -OCH3 is 3. The normalized spacial score (nSPS) is 30.2. The number of rotatable bonds is 13. The van der Waals surface area contributed by atoms with E-state index in [2.05, 4.69) is 0 Å². The zero-order valence-corrected chi connectivity index (χ0v) is 26.1. The standard InChI is InChI=1S/C31H38O17/c1-41-18-10-15(11-19(42-2)27(18)43-3)4-9-22(35)46-28-24(37)20(12-32)47-31(28,14-33)48-30-26(39)25(38)23(36)21(45-30)13-44-29(40)16-5-7-17(34)8-6-16/h4-11,20-21,23-26,28,30,32-34,36-39H,12-14H2,1-3H3/b9-4+/t20-,21+,23+,24+,25-,26+,28-,30+,31+/m1/s1. The summed E-state index contributed by atoms with van der Waals surface area (Å²) in [5, 5.41) is 72.2. The lowest BCUT2D eigenvalue weighted by Gasteiger charge is -2.43. The number of esters is 2. The van der Waals surface area contributed by atoms with Crippen molar-refractivity contribution in [3.8, 4) is 23.0 Å². The van der Waals surface area contributed by atoms with Crippen molar-refractivity contribution in [1.82, 2.24) is 0 Å². The summed E-state index contributed by atoms with van der Waals surface area (Å²) in [6.45, 7) is -2.59. The number of hydrogen-bond donors (Lipinski definition) is 7. The van der Waals surface area contributed by atoms with Crippen molar-refractivity contribution < 1.29 is 83.2 Å². The molecule has 17 nitrogen and oxygen atoms in total. The smallest absolute Gasteiger partial charge is 0.338 e. The zero-order chi connectivity index (χ0) is 35.2. The van der Waals surface area contributed by atoms with Crippen LogP contribution in [0.15, 0.2) is 42.5 Å². The van der Waals surface area contributed by atoms with Crippen LogP contribution in [0, 0.1) is 0 Å². The van der Waals surface area contributed by atoms with E-state index < -0.39 is 86.6 Å². The fourth-order valence-electron chi connectivity index (χ4n) is 5.13. The summed E-state index contributed by atoms with van der Waals surface area (Å²) < 4.78 is 43.3. The van der Waals surface area contributed by atoms with Crippen LogP contribution in [-0.2, 0) is 28.5 Å². The van der Waals surface area contributed by atoms with E-state index in [1.54, 1.807) is 12.1 Å². The molecule has 2 aliphatic heterocycles. The fraction of sp³-hybridized carbons (Fsp3) is 0.484. The Kier molecular flexibility index (Phi) is 12.2. The first kappa shape index (κ1) is 36.8. The van der Waals surface area contributed by atoms with E-state index in [9.17, 15) is 45.3 Å². The van der Waals surface area contributed by atoms with Crippen molar-refractivity contribution in [1.29, 1.82) is 0 Å². The van der Waals surface area contributed by atoms with Crippen LogP contribution >= 0.6 is 0 Å². The van der Waals surface area contributed by atoms with E-state index in [1.807, 2.05) is 0 Å². The molecule has 0 aliphatic carbocycles. The molecule has 7 N–H and O–H groups in total. The topological polar surface area (TPSA) is 250 Å². The van der Waals surface area contributed by atoms with Crippen molar-refractivity contribution in [2.24, 2.45) is 0 Å². The third kappa shape index (κ3) is 7.81. The molecule has 2 aromatic carbocycles. The van der Waals surface area contributed by atoms with Gasteiger partial charge in [-0.05, 0) is 48.0 Å². The molecule has 4 rings (SSSR count). The van der Waals surface area contributed by atoms with Gasteiger partial charge in [-0.15, -0.1) is 0 Å². The highest BCUT2D eigenvalue weighted by Crippen LogP contribution is 2.40. The van der Waals surface area contributed by atoms with E-state index in [-0.39, 0.29) is 11.3 Å². The highest BCUT2D eigenvalue weighted by Gasteiger charge is 2.60. The van der Waals surface area contributed by atoms with Gasteiger partial charge in [0.15, 0.2) is 23.9 Å². The summed E-state index contributed by atoms with van der Waals surface area (Å²) in [4.78, 5) is 25.4. The molecule has 264 valence electrons. The Morgan fingerprint density at radius 3 is 2.08 bits per heavy atom. The summed E-state index contributed by atoms with van der Waals surface area (Å²) >= 11 is 0. The molecule has 0 saturated carbocycles. The summed E-state index contributed by atoms with van der Waals surface area (Å²) in [5.74, 6) is -3.57. The van der Waals surface area contributed by atoms with Gasteiger partial charge in [0.05, 0.1) is 33.5 Å². The Balaban J connectivity index is 1.51. The predicted molar refractivity (Wildman–Crippen MR) is 159 cm³/mol. The first-order valence-corrected chi connectivity index (χ1v) is 14.5. The number of benzene rings is 2. The van der Waals surface area contributed by atoms with Crippen molar-refractivity contribution in [2.75, 3.05) is 41.2 Å². The number of phenolic OH excluding ortho intramolecular Hbond substituents is 1. The van der Waals surface area contributed by atoms with Crippen LogP contribution in [0.3, 0.4) is 0 Å².